The van der Waals surface area contributed by atoms with Crippen molar-refractivity contribution < 1.29 is 14.2 Å². The average Bonchev–Trinajstić information content (AvgIpc) is 3.12. The smallest absolute Gasteiger partial charge is 0.123 e. The fourth-order valence-corrected chi connectivity index (χ4v) is 3.41. The van der Waals surface area contributed by atoms with Crippen molar-refractivity contribution in [1.29, 1.82) is 0 Å². The molecule has 0 fully saturated rings. The molecule has 1 N–H and O–H groups in total. The minimum atomic E-state index is -0.287. The molecule has 0 aliphatic rings. The van der Waals surface area contributed by atoms with Crippen LogP contribution in [0.5, 0.6) is 5.75 Å². The molecule has 0 saturated carbocycles. The van der Waals surface area contributed by atoms with E-state index >= 15 is 0 Å². The summed E-state index contributed by atoms with van der Waals surface area (Å²) in [4.78, 5) is 1.16. The van der Waals surface area contributed by atoms with Crippen LogP contribution in [0.1, 0.15) is 17.0 Å². The fraction of sp³-hybridized carbons (Fsp3) is 0.158. The van der Waals surface area contributed by atoms with Gasteiger partial charge in [0.1, 0.15) is 11.6 Å². The summed E-state index contributed by atoms with van der Waals surface area (Å²) in [6.07, 6.45) is 0. The predicted octanol–water partition coefficient (Wildman–Crippen LogP) is 4.69. The molecule has 2 aromatic carbocycles. The molecule has 0 aliphatic heterocycles. The first-order valence-electron chi connectivity index (χ1n) is 7.31. The lowest BCUT2D eigenvalue weighted by molar-refractivity contribution is 0.277. The summed E-state index contributed by atoms with van der Waals surface area (Å²) in [5, 5.41) is 11.9. The van der Waals surface area contributed by atoms with Crippen molar-refractivity contribution in [3.63, 3.8) is 0 Å². The summed E-state index contributed by atoms with van der Waals surface area (Å²) in [7, 11) is 1.61. The van der Waals surface area contributed by atoms with Crippen LogP contribution >= 0.6 is 11.3 Å². The van der Waals surface area contributed by atoms with Crippen LogP contribution in [0.25, 0.3) is 10.4 Å². The molecule has 3 aromatic rings. The Bertz CT molecular complexity index is 767. The third-order valence-electron chi connectivity index (χ3n) is 3.87. The zero-order chi connectivity index (χ0) is 16.2. The number of ether oxygens (including phenoxy) is 1. The standard InChI is InChI=1S/C19H17FO2S/c1-22-18-9-6-14(19-3-2-10-23-19)11-16(18)17(12-21)13-4-7-15(20)8-5-13/h2-11,17,21H,12H2,1H3. The van der Waals surface area contributed by atoms with Crippen LogP contribution in [0.2, 0.25) is 0 Å². The first-order valence-corrected chi connectivity index (χ1v) is 8.19. The second-order valence-corrected chi connectivity index (χ2v) is 6.17. The van der Waals surface area contributed by atoms with E-state index in [0.717, 1.165) is 21.6 Å². The summed E-state index contributed by atoms with van der Waals surface area (Å²) in [6.45, 7) is -0.0735. The minimum absolute atomic E-state index is 0.0735. The highest BCUT2D eigenvalue weighted by atomic mass is 32.1. The molecular weight excluding hydrogens is 311 g/mol. The number of halogens is 1. The van der Waals surface area contributed by atoms with Crippen LogP contribution in [-0.4, -0.2) is 18.8 Å². The van der Waals surface area contributed by atoms with E-state index in [2.05, 4.69) is 6.07 Å². The Morgan fingerprint density at radius 1 is 1.13 bits per heavy atom. The Hall–Kier alpha value is -2.17. The largest absolute Gasteiger partial charge is 0.496 e. The highest BCUT2D eigenvalue weighted by molar-refractivity contribution is 7.13. The molecule has 0 spiro atoms. The number of methoxy groups -OCH3 is 1. The van der Waals surface area contributed by atoms with Crippen molar-refractivity contribution >= 4 is 11.3 Å². The van der Waals surface area contributed by atoms with Gasteiger partial charge in [-0.15, -0.1) is 11.3 Å². The maximum absolute atomic E-state index is 13.2. The van der Waals surface area contributed by atoms with Gasteiger partial charge in [0.2, 0.25) is 0 Å². The first-order chi connectivity index (χ1) is 11.2. The quantitative estimate of drug-likeness (QED) is 0.736. The summed E-state index contributed by atoms with van der Waals surface area (Å²) < 4.78 is 18.6. The van der Waals surface area contributed by atoms with Gasteiger partial charge in [0, 0.05) is 16.4 Å². The van der Waals surface area contributed by atoms with Gasteiger partial charge in [-0.25, -0.2) is 4.39 Å². The summed E-state index contributed by atoms with van der Waals surface area (Å²) in [5.41, 5.74) is 2.83. The fourth-order valence-electron chi connectivity index (χ4n) is 2.68. The van der Waals surface area contributed by atoms with Crippen molar-refractivity contribution in [2.24, 2.45) is 0 Å². The predicted molar refractivity (Wildman–Crippen MR) is 91.6 cm³/mol. The van der Waals surface area contributed by atoms with Crippen molar-refractivity contribution in [1.82, 2.24) is 0 Å². The van der Waals surface area contributed by atoms with Crippen LogP contribution in [0, 0.1) is 5.82 Å². The number of rotatable bonds is 5. The monoisotopic (exact) mass is 328 g/mol. The zero-order valence-corrected chi connectivity index (χ0v) is 13.5. The summed E-state index contributed by atoms with van der Waals surface area (Å²) in [5.74, 6) is 0.170. The van der Waals surface area contributed by atoms with E-state index in [1.165, 1.54) is 12.1 Å². The first kappa shape index (κ1) is 15.7. The van der Waals surface area contributed by atoms with Gasteiger partial charge in [0.05, 0.1) is 13.7 Å². The van der Waals surface area contributed by atoms with E-state index in [1.807, 2.05) is 29.6 Å². The molecule has 118 valence electrons. The van der Waals surface area contributed by atoms with Crippen LogP contribution in [0.15, 0.2) is 60.0 Å². The van der Waals surface area contributed by atoms with Crippen molar-refractivity contribution in [2.45, 2.75) is 5.92 Å². The zero-order valence-electron chi connectivity index (χ0n) is 12.7. The highest BCUT2D eigenvalue weighted by Crippen LogP contribution is 2.36. The number of hydrogen-bond donors (Lipinski definition) is 1. The van der Waals surface area contributed by atoms with Crippen LogP contribution < -0.4 is 4.74 Å². The molecule has 0 saturated heterocycles. The van der Waals surface area contributed by atoms with Gasteiger partial charge in [-0.1, -0.05) is 18.2 Å². The van der Waals surface area contributed by atoms with Gasteiger partial charge in [0.25, 0.3) is 0 Å². The Morgan fingerprint density at radius 3 is 2.52 bits per heavy atom. The number of hydrogen-bond acceptors (Lipinski definition) is 3. The van der Waals surface area contributed by atoms with Crippen LogP contribution in [0.3, 0.4) is 0 Å². The molecule has 0 amide bonds. The number of aliphatic hydroxyl groups excluding tert-OH is 1. The molecule has 2 nitrogen and oxygen atoms in total. The van der Waals surface area contributed by atoms with Crippen LogP contribution in [0.4, 0.5) is 4.39 Å². The van der Waals surface area contributed by atoms with E-state index in [1.54, 1.807) is 30.6 Å². The maximum Gasteiger partial charge on any atom is 0.123 e. The van der Waals surface area contributed by atoms with Gasteiger partial charge < -0.3 is 9.84 Å². The Labute approximate surface area is 138 Å². The van der Waals surface area contributed by atoms with E-state index in [-0.39, 0.29) is 18.3 Å². The molecule has 23 heavy (non-hydrogen) atoms. The Kier molecular flexibility index (Phi) is 4.74. The second kappa shape index (κ2) is 6.94. The highest BCUT2D eigenvalue weighted by Gasteiger charge is 2.19. The summed E-state index contributed by atoms with van der Waals surface area (Å²) in [6, 6.07) is 16.2. The second-order valence-electron chi connectivity index (χ2n) is 5.22. The lowest BCUT2D eigenvalue weighted by atomic mass is 9.90. The molecule has 1 heterocycles. The van der Waals surface area contributed by atoms with Crippen LogP contribution in [-0.2, 0) is 0 Å². The third kappa shape index (κ3) is 3.28. The van der Waals surface area contributed by atoms with Gasteiger partial charge in [-0.3, -0.25) is 0 Å². The number of thiophene rings is 1. The number of benzene rings is 2. The number of aliphatic hydroxyl groups is 1. The molecule has 0 radical (unpaired) electrons. The van der Waals surface area contributed by atoms with Crippen molar-refractivity contribution in [3.05, 3.63) is 76.9 Å². The lowest BCUT2D eigenvalue weighted by Crippen LogP contribution is -2.08. The molecular formula is C19H17FO2S. The molecule has 0 bridgehead atoms. The molecule has 1 unspecified atom stereocenters. The SMILES string of the molecule is COc1ccc(-c2cccs2)cc1C(CO)c1ccc(F)cc1. The molecule has 3 rings (SSSR count). The minimum Gasteiger partial charge on any atom is -0.496 e. The van der Waals surface area contributed by atoms with E-state index in [9.17, 15) is 9.50 Å². The average molecular weight is 328 g/mol. The molecule has 1 aromatic heterocycles. The normalized spacial score (nSPS) is 12.1. The molecule has 4 heteroatoms. The Balaban J connectivity index is 2.07. The van der Waals surface area contributed by atoms with Gasteiger partial charge >= 0.3 is 0 Å². The van der Waals surface area contributed by atoms with E-state index < -0.39 is 0 Å². The van der Waals surface area contributed by atoms with Crippen molar-refractivity contribution in [2.75, 3.05) is 13.7 Å². The third-order valence-corrected chi connectivity index (χ3v) is 4.78. The topological polar surface area (TPSA) is 29.5 Å². The molecule has 0 aliphatic carbocycles. The maximum atomic E-state index is 13.2. The summed E-state index contributed by atoms with van der Waals surface area (Å²) >= 11 is 1.66. The van der Waals surface area contributed by atoms with Gasteiger partial charge in [0.15, 0.2) is 0 Å². The van der Waals surface area contributed by atoms with Crippen molar-refractivity contribution in [3.8, 4) is 16.2 Å². The van der Waals surface area contributed by atoms with E-state index in [0.29, 0.717) is 5.75 Å². The van der Waals surface area contributed by atoms with Gasteiger partial charge in [-0.2, -0.15) is 0 Å². The van der Waals surface area contributed by atoms with E-state index in [4.69, 9.17) is 4.74 Å². The Morgan fingerprint density at radius 2 is 1.91 bits per heavy atom. The lowest BCUT2D eigenvalue weighted by Gasteiger charge is -2.19. The van der Waals surface area contributed by atoms with Gasteiger partial charge in [-0.05, 0) is 52.9 Å². The molecule has 1 atom stereocenters.